The summed E-state index contributed by atoms with van der Waals surface area (Å²) in [6.07, 6.45) is 16.1. The summed E-state index contributed by atoms with van der Waals surface area (Å²) in [5.41, 5.74) is 0. The van der Waals surface area contributed by atoms with E-state index in [9.17, 15) is 4.80 Å². The summed E-state index contributed by atoms with van der Waals surface area (Å²) in [7, 11) is -77.8. The highest BCUT2D eigenvalue weighted by Crippen LogP contribution is 2.51. The maximum absolute atomic E-state index is 14.9. The molecule has 4 aliphatic heterocycles. The first-order chi connectivity index (χ1) is 53.0. The summed E-state index contributed by atoms with van der Waals surface area (Å²) in [6, 6.07) is 3.25. The minimum absolute atomic E-state index is 0.247. The first-order valence-corrected chi connectivity index (χ1v) is 81.9. The molecule has 4 saturated heterocycles. The zero-order valence-electron chi connectivity index (χ0n) is 73.3. The largest absolute Gasteiger partial charge is 0.660 e. The molecule has 2 aliphatic carbocycles. The average Bonchev–Trinajstić information content (AvgIpc) is 0.694. The highest BCUT2D eigenvalue weighted by atomic mass is 28.7. The normalized spacial score (nSPS) is 28.2. The van der Waals surface area contributed by atoms with Crippen LogP contribution in [-0.2, 0) is 132 Å². The van der Waals surface area contributed by atoms with Gasteiger partial charge in [0.2, 0.25) is 9.76 Å². The molecular formula is C62H145O32Si19. The summed E-state index contributed by atoms with van der Waals surface area (Å²) in [5, 5.41) is 0. The lowest BCUT2D eigenvalue weighted by Gasteiger charge is -2.57. The second kappa shape index (κ2) is 45.7. The van der Waals surface area contributed by atoms with Crippen LogP contribution < -0.4 is 0 Å². The molecule has 6 aliphatic rings. The Labute approximate surface area is 701 Å². The van der Waals surface area contributed by atoms with Gasteiger partial charge in [0.25, 0.3) is 0 Å². The summed E-state index contributed by atoms with van der Waals surface area (Å²) < 4.78 is 227. The van der Waals surface area contributed by atoms with Gasteiger partial charge in [0.05, 0.1) is 0 Å². The van der Waals surface area contributed by atoms with E-state index in [1.54, 1.807) is 0 Å². The van der Waals surface area contributed by atoms with E-state index >= 15 is 0 Å². The Bertz CT molecular complexity index is 2800. The van der Waals surface area contributed by atoms with Gasteiger partial charge in [-0.05, 0) is 255 Å². The van der Waals surface area contributed by atoms with Gasteiger partial charge in [-0.15, -0.1) is 0 Å². The zero-order chi connectivity index (χ0) is 83.9. The highest BCUT2D eigenvalue weighted by molar-refractivity contribution is 7.01. The van der Waals surface area contributed by atoms with Gasteiger partial charge >= 0.3 is 108 Å². The second-order valence-electron chi connectivity index (χ2n) is 31.9. The predicted octanol–water partition coefficient (Wildman–Crippen LogP) is 13.6. The minimum Gasteiger partial charge on any atom is -0.414 e. The van der Waals surface area contributed by atoms with Crippen molar-refractivity contribution < 1.29 is 136 Å². The van der Waals surface area contributed by atoms with Crippen molar-refractivity contribution in [2.24, 2.45) is 11.8 Å². The molecule has 4 fully saturated rings. The molecule has 0 saturated carbocycles. The SMILES string of the molecule is CCO[Si](CC[Si](C)(C)O[Si]12O[Si](O[Si]C)O[Si]3(OC)O[Si]4(O[Si](C)(C)CCC5CC=CCC5)O[Si](O)(O[Si](C)(C)CCC5CC=CCC5)O[Si](O[Si](C)(C)CC[Si](OCC)(OCC)OCC)(O1)O[Si](O[Si](C)(C)CC[Si](OCC)(OCC)OCC)(O4)O[Si](O[Si](C)(C)CC[Si](OCC)(OCC)OCC)(O3)O2)(OCC)OCC. The van der Waals surface area contributed by atoms with Crippen molar-refractivity contribution in [1.82, 2.24) is 0 Å². The fraction of sp³-hybridized carbons (Fsp3) is 0.935. The maximum atomic E-state index is 14.9. The van der Waals surface area contributed by atoms with Crippen molar-refractivity contribution in [3.8, 4) is 0 Å². The predicted molar refractivity (Wildman–Crippen MR) is 464 cm³/mol. The zero-order valence-corrected chi connectivity index (χ0v) is 92.3. The first-order valence-electron chi connectivity index (χ1n) is 41.4. The Kier molecular flexibility index (Phi) is 42.1. The quantitative estimate of drug-likeness (QED) is 0.0437. The van der Waals surface area contributed by atoms with Crippen LogP contribution in [-0.4, -0.2) is 259 Å². The Morgan fingerprint density at radius 1 is 0.327 bits per heavy atom. The number of hydrogen-bond donors (Lipinski definition) is 1. The third-order valence-electron chi connectivity index (χ3n) is 19.1. The molecule has 9 atom stereocenters. The molecule has 0 aromatic heterocycles. The smallest absolute Gasteiger partial charge is 0.414 e. The van der Waals surface area contributed by atoms with E-state index in [0.717, 1.165) is 51.4 Å². The van der Waals surface area contributed by atoms with Crippen molar-refractivity contribution in [3.05, 3.63) is 24.3 Å². The third kappa shape index (κ3) is 32.0. The molecule has 0 aromatic carbocycles. The van der Waals surface area contributed by atoms with Gasteiger partial charge in [0, 0.05) is 111 Å². The fourth-order valence-corrected chi connectivity index (χ4v) is 93.2. The Morgan fingerprint density at radius 3 is 0.823 bits per heavy atom. The average molecular weight is 1940 g/mol. The highest BCUT2D eigenvalue weighted by Gasteiger charge is 2.88. The van der Waals surface area contributed by atoms with Gasteiger partial charge in [-0.25, -0.2) is 0 Å². The molecule has 6 rings (SSSR count). The second-order valence-corrected chi connectivity index (χ2v) is 90.0. The molecule has 32 nitrogen and oxygen atoms in total. The number of hydrogen-bond acceptors (Lipinski definition) is 32. The summed E-state index contributed by atoms with van der Waals surface area (Å²) in [5.74, 6) is 0.665. The summed E-state index contributed by atoms with van der Waals surface area (Å²) >= 11 is 0. The van der Waals surface area contributed by atoms with Crippen molar-refractivity contribution in [2.75, 3.05) is 86.4 Å². The first kappa shape index (κ1) is 104. The van der Waals surface area contributed by atoms with Gasteiger partial charge in [0.15, 0.2) is 49.9 Å². The van der Waals surface area contributed by atoms with Crippen molar-refractivity contribution >= 4 is 168 Å². The number of fused-ring (bicyclic) bond motifs is 4. The van der Waals surface area contributed by atoms with Gasteiger partial charge in [-0.2, -0.15) is 0 Å². The van der Waals surface area contributed by atoms with Crippen LogP contribution in [0.5, 0.6) is 0 Å². The lowest BCUT2D eigenvalue weighted by Crippen LogP contribution is -2.88. The molecule has 0 amide bonds. The molecule has 661 valence electrons. The molecular weight excluding hydrogens is 1790 g/mol. The van der Waals surface area contributed by atoms with Crippen LogP contribution in [0.3, 0.4) is 0 Å². The van der Waals surface area contributed by atoms with E-state index in [2.05, 4.69) is 24.3 Å². The van der Waals surface area contributed by atoms with Gasteiger partial charge in [0.1, 0.15) is 0 Å². The fourth-order valence-electron chi connectivity index (χ4n) is 14.1. The lowest BCUT2D eigenvalue weighted by atomic mass is 9.92. The number of allylic oxidation sites excluding steroid dienone is 4. The molecule has 6 bridgehead atoms. The van der Waals surface area contributed by atoms with E-state index in [0.29, 0.717) is 103 Å². The maximum Gasteiger partial charge on any atom is 0.660 e. The Hall–Kier alpha value is 2.32. The van der Waals surface area contributed by atoms with Crippen LogP contribution in [0.4, 0.5) is 0 Å². The van der Waals surface area contributed by atoms with Crippen molar-refractivity contribution in [3.63, 3.8) is 0 Å². The van der Waals surface area contributed by atoms with Crippen LogP contribution in [0.2, 0.25) is 146 Å². The van der Waals surface area contributed by atoms with E-state index in [1.807, 2.05) is 168 Å². The van der Waals surface area contributed by atoms with Gasteiger partial charge < -0.3 is 136 Å². The van der Waals surface area contributed by atoms with Crippen LogP contribution in [0.15, 0.2) is 24.3 Å². The molecule has 113 heavy (non-hydrogen) atoms. The third-order valence-corrected chi connectivity index (χ3v) is 84.8. The Morgan fingerprint density at radius 2 is 0.566 bits per heavy atom. The van der Waals surface area contributed by atoms with E-state index in [1.165, 1.54) is 7.11 Å². The molecule has 51 heteroatoms. The van der Waals surface area contributed by atoms with E-state index in [4.69, 9.17) is 132 Å². The monoisotopic (exact) mass is 1930 g/mol. The summed E-state index contributed by atoms with van der Waals surface area (Å²) in [6.45, 7) is 52.4. The molecule has 1 N–H and O–H groups in total. The summed E-state index contributed by atoms with van der Waals surface area (Å²) in [4.78, 5) is 14.9. The molecule has 0 aromatic rings. The van der Waals surface area contributed by atoms with Crippen LogP contribution in [0.25, 0.3) is 0 Å². The molecule has 9 unspecified atom stereocenters. The molecule has 0 spiro atoms. The van der Waals surface area contributed by atoms with Crippen LogP contribution in [0.1, 0.15) is 134 Å². The minimum atomic E-state index is -5.92. The van der Waals surface area contributed by atoms with Crippen LogP contribution >= 0.6 is 0 Å². The lowest BCUT2D eigenvalue weighted by molar-refractivity contribution is -0.105. The van der Waals surface area contributed by atoms with E-state index < -0.39 is 158 Å². The number of rotatable bonds is 57. The Balaban J connectivity index is 1.88. The van der Waals surface area contributed by atoms with Gasteiger partial charge in [-0.3, -0.25) is 0 Å². The van der Waals surface area contributed by atoms with Crippen molar-refractivity contribution in [2.45, 2.75) is 280 Å². The van der Waals surface area contributed by atoms with Crippen LogP contribution in [0, 0.1) is 11.8 Å². The molecule has 3 radical (unpaired) electrons. The van der Waals surface area contributed by atoms with E-state index in [-0.39, 0.29) is 58.1 Å². The standard InChI is InChI=1S/C62H145O32Si19/c1-27-65-103(66-28-2,67-29-3)57-53-99(19,20)81-109-79-96(77-95-14)78-108(64-13)88-110(82-98(17,18)52-50-62-47-43-40-44-48-62)86-107(63,80-97(15,16)51-49-61-45-41-39-42-46-61)87-111(90-109,83-100(21,22)54-58-104(68-30-4,69-31-5)70-32-6)93-113(92-110,85-102(25,26)56-60-106(74-36-10,75-37-11)76-38-12)94-112(89-108,91-109)84-101(23,24)55-59-105(71-33-7,72-34-8)73-35-9/h39-41,43,61-63H,27-38,42,44-60H2,1-26H3. The molecule has 4 heterocycles. The van der Waals surface area contributed by atoms with Gasteiger partial charge in [-0.1, -0.05) is 37.1 Å². The topological polar surface area (TPSA) is 306 Å². The van der Waals surface area contributed by atoms with Crippen molar-refractivity contribution in [1.29, 1.82) is 0 Å².